The number of aliphatic hydroxyl groups excluding tert-OH is 1. The Kier molecular flexibility index (Phi) is 3.73. The van der Waals surface area contributed by atoms with Crippen molar-refractivity contribution in [3.63, 3.8) is 0 Å². The second-order valence-corrected chi connectivity index (χ2v) is 3.03. The van der Waals surface area contributed by atoms with E-state index in [-0.39, 0.29) is 18.3 Å². The molecule has 0 aliphatic rings. The van der Waals surface area contributed by atoms with Crippen molar-refractivity contribution in [1.29, 1.82) is 0 Å². The van der Waals surface area contributed by atoms with E-state index in [1.165, 1.54) is 0 Å². The number of phenolic OH excluding ortho intramolecular Hbond substituents is 1. The molecule has 1 aromatic rings. The van der Waals surface area contributed by atoms with E-state index in [1.807, 2.05) is 13.1 Å². The molecule has 0 aromatic heterocycles. The quantitative estimate of drug-likeness (QED) is 0.640. The fourth-order valence-electron chi connectivity index (χ4n) is 1.31. The summed E-state index contributed by atoms with van der Waals surface area (Å²) in [6, 6.07) is 6.98. The van der Waals surface area contributed by atoms with Crippen molar-refractivity contribution in [2.24, 2.45) is 0 Å². The molecule has 1 rings (SSSR count). The summed E-state index contributed by atoms with van der Waals surface area (Å²) in [7, 11) is 1.84. The minimum absolute atomic E-state index is 0.0529. The maximum absolute atomic E-state index is 9.22. The van der Waals surface area contributed by atoms with Gasteiger partial charge in [-0.15, -0.1) is 0 Å². The van der Waals surface area contributed by atoms with Crippen LogP contribution in [0.25, 0.3) is 0 Å². The van der Waals surface area contributed by atoms with Crippen molar-refractivity contribution in [2.45, 2.75) is 5.92 Å². The van der Waals surface area contributed by atoms with Gasteiger partial charge in [0.2, 0.25) is 0 Å². The van der Waals surface area contributed by atoms with Crippen LogP contribution >= 0.6 is 0 Å². The Balaban J connectivity index is 2.78. The van der Waals surface area contributed by atoms with E-state index in [4.69, 9.17) is 5.11 Å². The molecular weight excluding hydrogens is 166 g/mol. The zero-order valence-electron chi connectivity index (χ0n) is 7.70. The van der Waals surface area contributed by atoms with Crippen molar-refractivity contribution in [1.82, 2.24) is 5.32 Å². The molecule has 0 saturated heterocycles. The first kappa shape index (κ1) is 10.0. The fourth-order valence-corrected chi connectivity index (χ4v) is 1.31. The van der Waals surface area contributed by atoms with Crippen molar-refractivity contribution in [3.8, 4) is 5.75 Å². The molecule has 3 heteroatoms. The molecule has 0 aliphatic heterocycles. The third kappa shape index (κ3) is 2.72. The van der Waals surface area contributed by atoms with Gasteiger partial charge in [0.15, 0.2) is 0 Å². The molecule has 0 amide bonds. The molecule has 3 nitrogen and oxygen atoms in total. The number of phenols is 1. The predicted octanol–water partition coefficient (Wildman–Crippen LogP) is 0.687. The monoisotopic (exact) mass is 181 g/mol. The van der Waals surface area contributed by atoms with Gasteiger partial charge in [-0.3, -0.25) is 0 Å². The van der Waals surface area contributed by atoms with Crippen LogP contribution in [0.15, 0.2) is 24.3 Å². The van der Waals surface area contributed by atoms with E-state index in [2.05, 4.69) is 5.32 Å². The van der Waals surface area contributed by atoms with E-state index < -0.39 is 0 Å². The van der Waals surface area contributed by atoms with Gasteiger partial charge in [-0.1, -0.05) is 12.1 Å². The van der Waals surface area contributed by atoms with Crippen LogP contribution in [0.3, 0.4) is 0 Å². The largest absolute Gasteiger partial charge is 0.508 e. The van der Waals surface area contributed by atoms with Gasteiger partial charge >= 0.3 is 0 Å². The van der Waals surface area contributed by atoms with E-state index in [1.54, 1.807) is 18.2 Å². The standard InChI is InChI=1S/C10H15NO2/c1-11-6-9(7-12)8-3-2-4-10(13)5-8/h2-5,9,11-13H,6-7H2,1H3. The lowest BCUT2D eigenvalue weighted by molar-refractivity contribution is 0.263. The van der Waals surface area contributed by atoms with Gasteiger partial charge in [-0.05, 0) is 24.7 Å². The number of aliphatic hydroxyl groups is 1. The topological polar surface area (TPSA) is 52.5 Å². The molecule has 72 valence electrons. The number of hydrogen-bond donors (Lipinski definition) is 3. The molecule has 0 aliphatic carbocycles. The van der Waals surface area contributed by atoms with E-state index in [0.717, 1.165) is 5.56 Å². The summed E-state index contributed by atoms with van der Waals surface area (Å²) < 4.78 is 0. The van der Waals surface area contributed by atoms with Crippen molar-refractivity contribution in [2.75, 3.05) is 20.2 Å². The number of rotatable bonds is 4. The van der Waals surface area contributed by atoms with Crippen molar-refractivity contribution < 1.29 is 10.2 Å². The average Bonchev–Trinajstić information content (AvgIpc) is 2.14. The van der Waals surface area contributed by atoms with Gasteiger partial charge in [-0.2, -0.15) is 0 Å². The van der Waals surface area contributed by atoms with E-state index >= 15 is 0 Å². The fraction of sp³-hybridized carbons (Fsp3) is 0.400. The minimum atomic E-state index is 0.0529. The molecule has 0 radical (unpaired) electrons. The van der Waals surface area contributed by atoms with Crippen LogP contribution < -0.4 is 5.32 Å². The summed E-state index contributed by atoms with van der Waals surface area (Å²) in [6.45, 7) is 0.796. The highest BCUT2D eigenvalue weighted by Gasteiger charge is 2.08. The Labute approximate surface area is 78.0 Å². The predicted molar refractivity (Wildman–Crippen MR) is 51.9 cm³/mol. The molecule has 1 atom stereocenters. The highest BCUT2D eigenvalue weighted by Crippen LogP contribution is 2.18. The number of likely N-dealkylation sites (N-methyl/N-ethyl adjacent to an activating group) is 1. The van der Waals surface area contributed by atoms with Crippen LogP contribution in [-0.4, -0.2) is 30.4 Å². The summed E-state index contributed by atoms with van der Waals surface area (Å²) >= 11 is 0. The summed E-state index contributed by atoms with van der Waals surface area (Å²) in [5, 5.41) is 21.3. The number of aromatic hydroxyl groups is 1. The molecule has 0 heterocycles. The Bertz CT molecular complexity index is 263. The van der Waals surface area contributed by atoms with E-state index in [9.17, 15) is 5.11 Å². The van der Waals surface area contributed by atoms with Crippen LogP contribution in [0.1, 0.15) is 11.5 Å². The zero-order chi connectivity index (χ0) is 9.68. The second kappa shape index (κ2) is 4.84. The maximum Gasteiger partial charge on any atom is 0.115 e. The van der Waals surface area contributed by atoms with Crippen LogP contribution in [0.5, 0.6) is 5.75 Å². The van der Waals surface area contributed by atoms with Gasteiger partial charge in [0, 0.05) is 12.5 Å². The van der Waals surface area contributed by atoms with Gasteiger partial charge < -0.3 is 15.5 Å². The molecule has 3 N–H and O–H groups in total. The third-order valence-electron chi connectivity index (χ3n) is 2.01. The SMILES string of the molecule is CNCC(CO)c1cccc(O)c1. The first-order valence-electron chi connectivity index (χ1n) is 4.32. The normalized spacial score (nSPS) is 12.8. The highest BCUT2D eigenvalue weighted by molar-refractivity contribution is 5.29. The second-order valence-electron chi connectivity index (χ2n) is 3.03. The van der Waals surface area contributed by atoms with Gasteiger partial charge in [0.25, 0.3) is 0 Å². The Morgan fingerprint density at radius 1 is 1.46 bits per heavy atom. The molecule has 0 bridgehead atoms. The summed E-state index contributed by atoms with van der Waals surface area (Å²) in [5.41, 5.74) is 0.955. The van der Waals surface area contributed by atoms with Crippen LogP contribution in [-0.2, 0) is 0 Å². The summed E-state index contributed by atoms with van der Waals surface area (Å²) in [5.74, 6) is 0.296. The molecular formula is C10H15NO2. The number of hydrogen-bond acceptors (Lipinski definition) is 3. The third-order valence-corrected chi connectivity index (χ3v) is 2.01. The summed E-state index contributed by atoms with van der Waals surface area (Å²) in [6.07, 6.45) is 0. The molecule has 1 unspecified atom stereocenters. The number of benzene rings is 1. The zero-order valence-corrected chi connectivity index (χ0v) is 7.70. The molecule has 0 fully saturated rings. The lowest BCUT2D eigenvalue weighted by atomic mass is 10.00. The van der Waals surface area contributed by atoms with Crippen LogP contribution in [0.4, 0.5) is 0 Å². The van der Waals surface area contributed by atoms with Crippen molar-refractivity contribution in [3.05, 3.63) is 29.8 Å². The molecule has 0 spiro atoms. The van der Waals surface area contributed by atoms with E-state index in [0.29, 0.717) is 6.54 Å². The van der Waals surface area contributed by atoms with Gasteiger partial charge in [0.05, 0.1) is 6.61 Å². The highest BCUT2D eigenvalue weighted by atomic mass is 16.3. The maximum atomic E-state index is 9.22. The Hall–Kier alpha value is -1.06. The van der Waals surface area contributed by atoms with Gasteiger partial charge in [0.1, 0.15) is 5.75 Å². The number of nitrogens with one attached hydrogen (secondary N) is 1. The molecule has 0 saturated carbocycles. The van der Waals surface area contributed by atoms with Gasteiger partial charge in [-0.25, -0.2) is 0 Å². The molecule has 13 heavy (non-hydrogen) atoms. The first-order valence-corrected chi connectivity index (χ1v) is 4.32. The average molecular weight is 181 g/mol. The van der Waals surface area contributed by atoms with Crippen LogP contribution in [0.2, 0.25) is 0 Å². The smallest absolute Gasteiger partial charge is 0.115 e. The Morgan fingerprint density at radius 2 is 2.23 bits per heavy atom. The minimum Gasteiger partial charge on any atom is -0.508 e. The Morgan fingerprint density at radius 3 is 2.77 bits per heavy atom. The van der Waals surface area contributed by atoms with Crippen LogP contribution in [0, 0.1) is 0 Å². The molecule has 1 aromatic carbocycles. The first-order chi connectivity index (χ1) is 6.27. The lowest BCUT2D eigenvalue weighted by Crippen LogP contribution is -2.19. The summed E-state index contributed by atoms with van der Waals surface area (Å²) in [4.78, 5) is 0. The van der Waals surface area contributed by atoms with Crippen molar-refractivity contribution >= 4 is 0 Å². The lowest BCUT2D eigenvalue weighted by Gasteiger charge is -2.13.